The number of benzene rings is 1. The molecule has 3 N–H and O–H groups in total. The maximum Gasteiger partial charge on any atom is 0.241 e. The average Bonchev–Trinajstić information content (AvgIpc) is 2.64. The van der Waals surface area contributed by atoms with Gasteiger partial charge >= 0.3 is 0 Å². The van der Waals surface area contributed by atoms with Crippen molar-refractivity contribution in [3.63, 3.8) is 0 Å². The summed E-state index contributed by atoms with van der Waals surface area (Å²) < 4.78 is 38.3. The summed E-state index contributed by atoms with van der Waals surface area (Å²) in [7, 11) is -3.84. The largest absolute Gasteiger partial charge is 0.490 e. The Hall–Kier alpha value is -1.84. The molecule has 0 bridgehead atoms. The van der Waals surface area contributed by atoms with E-state index in [0.717, 1.165) is 19.5 Å². The number of amides is 1. The zero-order valence-electron chi connectivity index (χ0n) is 16.1. The number of piperidine rings is 1. The first kappa shape index (κ1) is 21.5. The molecule has 1 fully saturated rings. The monoisotopic (exact) mass is 399 g/mol. The standard InChI is InChI=1S/C18H29N3O5S/c1-4-25-16-7-6-14(10-17(16)26-5-2)27(23,24)20-12-18(22)21-15-8-9-19-11-13(15)3/h6-7,10,13,15,19-20H,4-5,8-9,11-12H2,1-3H3,(H,21,22). The number of carbonyl (C=O) groups is 1. The van der Waals surface area contributed by atoms with Crippen LogP contribution in [-0.2, 0) is 14.8 Å². The number of sulfonamides is 1. The molecule has 9 heteroatoms. The molecule has 1 aromatic rings. The Morgan fingerprint density at radius 1 is 1.22 bits per heavy atom. The number of hydrogen-bond acceptors (Lipinski definition) is 6. The van der Waals surface area contributed by atoms with Gasteiger partial charge in [-0.25, -0.2) is 13.1 Å². The fourth-order valence-electron chi connectivity index (χ4n) is 2.93. The summed E-state index contributed by atoms with van der Waals surface area (Å²) in [6, 6.07) is 4.45. The van der Waals surface area contributed by atoms with Crippen molar-refractivity contribution in [3.8, 4) is 11.5 Å². The van der Waals surface area contributed by atoms with Crippen molar-refractivity contribution in [3.05, 3.63) is 18.2 Å². The predicted octanol–water partition coefficient (Wildman–Crippen LogP) is 0.877. The minimum Gasteiger partial charge on any atom is -0.490 e. The van der Waals surface area contributed by atoms with Crippen molar-refractivity contribution >= 4 is 15.9 Å². The molecule has 0 saturated carbocycles. The fraction of sp³-hybridized carbons (Fsp3) is 0.611. The molecule has 2 unspecified atom stereocenters. The molecule has 152 valence electrons. The Bertz CT molecular complexity index is 739. The summed E-state index contributed by atoms with van der Waals surface area (Å²) in [6.07, 6.45) is 0.830. The maximum absolute atomic E-state index is 12.5. The van der Waals surface area contributed by atoms with Crippen molar-refractivity contribution < 1.29 is 22.7 Å². The second-order valence-corrected chi connectivity index (χ2v) is 8.21. The number of hydrogen-bond donors (Lipinski definition) is 3. The molecule has 1 aliphatic rings. The zero-order chi connectivity index (χ0) is 19.9. The van der Waals surface area contributed by atoms with Gasteiger partial charge in [-0.15, -0.1) is 0 Å². The Balaban J connectivity index is 2.00. The molecule has 27 heavy (non-hydrogen) atoms. The van der Waals surface area contributed by atoms with E-state index >= 15 is 0 Å². The minimum absolute atomic E-state index is 0.0254. The topological polar surface area (TPSA) is 106 Å². The summed E-state index contributed by atoms with van der Waals surface area (Å²) in [4.78, 5) is 12.2. The molecule has 0 aromatic heterocycles. The van der Waals surface area contributed by atoms with Crippen LogP contribution in [0.3, 0.4) is 0 Å². The van der Waals surface area contributed by atoms with Crippen LogP contribution in [0.5, 0.6) is 11.5 Å². The van der Waals surface area contributed by atoms with Crippen LogP contribution in [0.1, 0.15) is 27.2 Å². The van der Waals surface area contributed by atoms with Gasteiger partial charge in [-0.3, -0.25) is 4.79 Å². The minimum atomic E-state index is -3.84. The number of nitrogens with one attached hydrogen (secondary N) is 3. The van der Waals surface area contributed by atoms with E-state index in [2.05, 4.69) is 22.3 Å². The van der Waals surface area contributed by atoms with Crippen LogP contribution in [0.15, 0.2) is 23.1 Å². The first-order valence-corrected chi connectivity index (χ1v) is 10.7. The van der Waals surface area contributed by atoms with Crippen molar-refractivity contribution in [1.29, 1.82) is 0 Å². The third-order valence-corrected chi connectivity index (χ3v) is 5.78. The van der Waals surface area contributed by atoms with Gasteiger partial charge in [-0.1, -0.05) is 6.92 Å². The first-order valence-electron chi connectivity index (χ1n) is 9.26. The van der Waals surface area contributed by atoms with Crippen molar-refractivity contribution in [2.75, 3.05) is 32.8 Å². The highest BCUT2D eigenvalue weighted by Gasteiger charge is 2.24. The predicted molar refractivity (Wildman–Crippen MR) is 103 cm³/mol. The molecular formula is C18H29N3O5S. The Kier molecular flexibility index (Phi) is 7.88. The zero-order valence-corrected chi connectivity index (χ0v) is 16.9. The van der Waals surface area contributed by atoms with E-state index in [4.69, 9.17) is 9.47 Å². The van der Waals surface area contributed by atoms with Gasteiger partial charge in [0.05, 0.1) is 24.7 Å². The first-order chi connectivity index (χ1) is 12.9. The highest BCUT2D eigenvalue weighted by molar-refractivity contribution is 7.89. The summed E-state index contributed by atoms with van der Waals surface area (Å²) in [5.74, 6) is 0.804. The van der Waals surface area contributed by atoms with Crippen LogP contribution in [0.4, 0.5) is 0 Å². The third kappa shape index (κ3) is 6.08. The molecule has 1 aliphatic heterocycles. The van der Waals surface area contributed by atoms with E-state index in [-0.39, 0.29) is 23.4 Å². The van der Waals surface area contributed by atoms with Crippen molar-refractivity contribution in [2.45, 2.75) is 38.1 Å². The SMILES string of the molecule is CCOc1ccc(S(=O)(=O)NCC(=O)NC2CCNCC2C)cc1OCC. The molecule has 0 spiro atoms. The summed E-state index contributed by atoms with van der Waals surface area (Å²) in [5, 5.41) is 6.16. The van der Waals surface area contributed by atoms with Crippen LogP contribution >= 0.6 is 0 Å². The van der Waals surface area contributed by atoms with Gasteiger partial charge in [0.1, 0.15) is 0 Å². The van der Waals surface area contributed by atoms with E-state index in [0.29, 0.717) is 30.6 Å². The highest BCUT2D eigenvalue weighted by Crippen LogP contribution is 2.30. The van der Waals surface area contributed by atoms with E-state index in [1.807, 2.05) is 6.92 Å². The van der Waals surface area contributed by atoms with Crippen LogP contribution in [0, 0.1) is 5.92 Å². The van der Waals surface area contributed by atoms with Crippen molar-refractivity contribution in [2.24, 2.45) is 5.92 Å². The molecule has 1 heterocycles. The lowest BCUT2D eigenvalue weighted by atomic mass is 9.95. The summed E-state index contributed by atoms with van der Waals surface area (Å²) in [6.45, 7) is 7.89. The molecule has 2 rings (SSSR count). The smallest absolute Gasteiger partial charge is 0.241 e. The lowest BCUT2D eigenvalue weighted by molar-refractivity contribution is -0.121. The van der Waals surface area contributed by atoms with Crippen LogP contribution < -0.4 is 24.8 Å². The van der Waals surface area contributed by atoms with Crippen LogP contribution in [0.2, 0.25) is 0 Å². The Labute approximate surface area is 161 Å². The maximum atomic E-state index is 12.5. The molecule has 0 aliphatic carbocycles. The van der Waals surface area contributed by atoms with Gasteiger partial charge in [0.25, 0.3) is 0 Å². The second-order valence-electron chi connectivity index (χ2n) is 6.44. The van der Waals surface area contributed by atoms with E-state index in [1.165, 1.54) is 12.1 Å². The van der Waals surface area contributed by atoms with Gasteiger partial charge < -0.3 is 20.1 Å². The molecule has 1 saturated heterocycles. The molecule has 0 radical (unpaired) electrons. The van der Waals surface area contributed by atoms with E-state index < -0.39 is 10.0 Å². The molecule has 2 atom stereocenters. The van der Waals surface area contributed by atoms with Crippen LogP contribution in [-0.4, -0.2) is 53.2 Å². The highest BCUT2D eigenvalue weighted by atomic mass is 32.2. The average molecular weight is 400 g/mol. The number of carbonyl (C=O) groups excluding carboxylic acids is 1. The number of ether oxygens (including phenoxy) is 2. The van der Waals surface area contributed by atoms with Gasteiger partial charge in [-0.05, 0) is 51.4 Å². The summed E-state index contributed by atoms with van der Waals surface area (Å²) >= 11 is 0. The quantitative estimate of drug-likeness (QED) is 0.569. The lowest BCUT2D eigenvalue weighted by Gasteiger charge is -2.30. The molecular weight excluding hydrogens is 370 g/mol. The van der Waals surface area contributed by atoms with Crippen molar-refractivity contribution in [1.82, 2.24) is 15.4 Å². The van der Waals surface area contributed by atoms with Gasteiger partial charge in [0.15, 0.2) is 11.5 Å². The van der Waals surface area contributed by atoms with Gasteiger partial charge in [0, 0.05) is 12.1 Å². The Morgan fingerprint density at radius 3 is 2.59 bits per heavy atom. The van der Waals surface area contributed by atoms with E-state index in [9.17, 15) is 13.2 Å². The van der Waals surface area contributed by atoms with Gasteiger partial charge in [-0.2, -0.15) is 0 Å². The second kappa shape index (κ2) is 9.91. The molecule has 1 amide bonds. The summed E-state index contributed by atoms with van der Waals surface area (Å²) in [5.41, 5.74) is 0. The third-order valence-electron chi connectivity index (χ3n) is 4.38. The lowest BCUT2D eigenvalue weighted by Crippen LogP contribution is -2.50. The normalized spacial score (nSPS) is 20.1. The molecule has 1 aromatic carbocycles. The fourth-order valence-corrected chi connectivity index (χ4v) is 3.93. The Morgan fingerprint density at radius 2 is 1.93 bits per heavy atom. The van der Waals surface area contributed by atoms with E-state index in [1.54, 1.807) is 13.0 Å². The molecule has 8 nitrogen and oxygen atoms in total. The van der Waals surface area contributed by atoms with Gasteiger partial charge in [0.2, 0.25) is 15.9 Å². The van der Waals surface area contributed by atoms with Crippen LogP contribution in [0.25, 0.3) is 0 Å². The number of rotatable bonds is 9.